The van der Waals surface area contributed by atoms with Gasteiger partial charge in [-0.15, -0.1) is 0 Å². The molecule has 0 radical (unpaired) electrons. The Hall–Kier alpha value is -2.42. The zero-order valence-electron chi connectivity index (χ0n) is 19.5. The number of allylic oxidation sites excluding steroid dienone is 4. The molecule has 8 N–H and O–H groups in total. The molecule has 1 aromatic rings. The van der Waals surface area contributed by atoms with Gasteiger partial charge < -0.3 is 27.8 Å². The van der Waals surface area contributed by atoms with Crippen LogP contribution in [-0.4, -0.2) is 35.0 Å². The summed E-state index contributed by atoms with van der Waals surface area (Å²) in [6.45, 7) is 7.98. The van der Waals surface area contributed by atoms with Crippen LogP contribution in [0.15, 0.2) is 68.3 Å². The minimum absolute atomic E-state index is 0.0446. The molecule has 2 heterocycles. The maximum atomic E-state index is 6.76. The summed E-state index contributed by atoms with van der Waals surface area (Å²) in [5, 5.41) is 0.841. The molecule has 1 atom stereocenters. The summed E-state index contributed by atoms with van der Waals surface area (Å²) in [6.07, 6.45) is 12.6. The van der Waals surface area contributed by atoms with Crippen LogP contribution >= 0.6 is 23.4 Å². The largest absolute Gasteiger partial charge is 0.392 e. The molecule has 2 aliphatic rings. The van der Waals surface area contributed by atoms with Crippen molar-refractivity contribution >= 4 is 35.1 Å². The van der Waals surface area contributed by atoms with Crippen LogP contribution in [0, 0.1) is 5.41 Å². The molecule has 3 rings (SSSR count). The van der Waals surface area contributed by atoms with Gasteiger partial charge in [0.05, 0.1) is 16.3 Å². The van der Waals surface area contributed by atoms with E-state index in [0.717, 1.165) is 37.2 Å². The maximum absolute atomic E-state index is 6.76. The number of nitrogens with two attached hydrogens (primary N) is 4. The molecule has 178 valence electrons. The Morgan fingerprint density at radius 1 is 1.33 bits per heavy atom. The SMILES string of the molecule is C/C=C(C)\C=C/C1=C(C)CC2(CCN(C(N)=N/C=C(\N)Sc3ccnc(N)c3Cl)CC2)C1N. The number of likely N-dealkylation sites (tertiary alicyclic amines) is 1. The van der Waals surface area contributed by atoms with E-state index in [1.165, 1.54) is 28.5 Å². The molecule has 1 aromatic heterocycles. The summed E-state index contributed by atoms with van der Waals surface area (Å²) >= 11 is 7.45. The quantitative estimate of drug-likeness (QED) is 0.212. The van der Waals surface area contributed by atoms with E-state index >= 15 is 0 Å². The fourth-order valence-corrected chi connectivity index (χ4v) is 5.36. The van der Waals surface area contributed by atoms with Crippen LogP contribution in [0.3, 0.4) is 0 Å². The van der Waals surface area contributed by atoms with Crippen molar-refractivity contribution in [3.05, 3.63) is 63.5 Å². The van der Waals surface area contributed by atoms with E-state index in [1.54, 1.807) is 18.5 Å². The zero-order chi connectivity index (χ0) is 24.2. The molecular formula is C24H34ClN7S. The number of rotatable bonds is 5. The smallest absolute Gasteiger partial charge is 0.195 e. The van der Waals surface area contributed by atoms with Crippen molar-refractivity contribution in [1.29, 1.82) is 0 Å². The van der Waals surface area contributed by atoms with Gasteiger partial charge in [-0.25, -0.2) is 9.98 Å². The lowest BCUT2D eigenvalue weighted by atomic mass is 9.72. The fraction of sp³-hybridized carbons (Fsp3) is 0.417. The molecule has 0 amide bonds. The molecule has 0 saturated carbocycles. The first-order valence-corrected chi connectivity index (χ1v) is 12.2. The van der Waals surface area contributed by atoms with Gasteiger partial charge in [0.2, 0.25) is 0 Å². The van der Waals surface area contributed by atoms with Crippen LogP contribution in [0.1, 0.15) is 40.0 Å². The number of aliphatic imine (C=N–C) groups is 1. The summed E-state index contributed by atoms with van der Waals surface area (Å²) < 4.78 is 0. The highest BCUT2D eigenvalue weighted by Crippen LogP contribution is 2.48. The number of guanidine groups is 1. The van der Waals surface area contributed by atoms with Gasteiger partial charge >= 0.3 is 0 Å². The van der Waals surface area contributed by atoms with E-state index in [1.807, 2.05) is 6.92 Å². The highest BCUT2D eigenvalue weighted by atomic mass is 35.5. The molecule has 33 heavy (non-hydrogen) atoms. The van der Waals surface area contributed by atoms with Gasteiger partial charge in [-0.2, -0.15) is 0 Å². The number of nitrogen functional groups attached to an aromatic ring is 1. The average molecular weight is 488 g/mol. The predicted octanol–water partition coefficient (Wildman–Crippen LogP) is 4.13. The Morgan fingerprint density at radius 2 is 2.03 bits per heavy atom. The Kier molecular flexibility index (Phi) is 8.15. The number of anilines is 1. The summed E-state index contributed by atoms with van der Waals surface area (Å²) in [5.41, 5.74) is 28.9. The number of thioether (sulfide) groups is 1. The Morgan fingerprint density at radius 3 is 2.70 bits per heavy atom. The first-order valence-electron chi connectivity index (χ1n) is 11.0. The van der Waals surface area contributed by atoms with Gasteiger partial charge in [-0.05, 0) is 57.1 Å². The summed E-state index contributed by atoms with van der Waals surface area (Å²) in [7, 11) is 0. The molecule has 0 bridgehead atoms. The Labute approximate surface area is 205 Å². The second-order valence-electron chi connectivity index (χ2n) is 8.73. The molecule has 1 aliphatic heterocycles. The Balaban J connectivity index is 1.61. The summed E-state index contributed by atoms with van der Waals surface area (Å²) in [4.78, 5) is 11.1. The molecule has 0 aromatic carbocycles. The third kappa shape index (κ3) is 5.75. The lowest BCUT2D eigenvalue weighted by Gasteiger charge is -2.43. The number of hydrogen-bond acceptors (Lipinski definition) is 6. The topological polar surface area (TPSA) is 133 Å². The number of aromatic nitrogens is 1. The molecule has 9 heteroatoms. The molecule has 1 unspecified atom stereocenters. The number of piperidine rings is 1. The minimum Gasteiger partial charge on any atom is -0.392 e. The number of hydrogen-bond donors (Lipinski definition) is 4. The highest BCUT2D eigenvalue weighted by Gasteiger charge is 2.45. The van der Waals surface area contributed by atoms with E-state index in [4.69, 9.17) is 34.5 Å². The third-order valence-corrected chi connectivity index (χ3v) is 8.01. The monoisotopic (exact) mass is 487 g/mol. The van der Waals surface area contributed by atoms with Crippen molar-refractivity contribution in [2.45, 2.75) is 51.0 Å². The van der Waals surface area contributed by atoms with Crippen LogP contribution in [0.4, 0.5) is 5.82 Å². The van der Waals surface area contributed by atoms with Crippen molar-refractivity contribution < 1.29 is 0 Å². The first-order chi connectivity index (χ1) is 15.7. The van der Waals surface area contributed by atoms with Crippen molar-refractivity contribution in [1.82, 2.24) is 9.88 Å². The fourth-order valence-electron chi connectivity index (χ4n) is 4.45. The van der Waals surface area contributed by atoms with E-state index < -0.39 is 0 Å². The zero-order valence-corrected chi connectivity index (χ0v) is 21.1. The van der Waals surface area contributed by atoms with Crippen molar-refractivity contribution in [2.75, 3.05) is 18.8 Å². The third-order valence-electron chi connectivity index (χ3n) is 6.60. The van der Waals surface area contributed by atoms with Crippen LogP contribution < -0.4 is 22.9 Å². The number of nitrogens with zero attached hydrogens (tertiary/aromatic N) is 3. The summed E-state index contributed by atoms with van der Waals surface area (Å²) in [6, 6.07) is 1.80. The number of pyridine rings is 1. The van der Waals surface area contributed by atoms with Crippen molar-refractivity contribution in [2.24, 2.45) is 27.6 Å². The van der Waals surface area contributed by atoms with Gasteiger partial charge in [0.1, 0.15) is 5.82 Å². The van der Waals surface area contributed by atoms with Crippen molar-refractivity contribution in [3.8, 4) is 0 Å². The molecule has 1 spiro atoms. The standard InChI is InChI=1S/C24H34ClN7S/c1-4-15(2)5-6-17-16(3)13-24(21(17)27)8-11-32(12-9-24)23(29)31-14-19(26)33-18-7-10-30-22(28)20(18)25/h4-7,10,14,21H,8-9,11-13,26-27H2,1-3H3,(H2,28,30)(H2,29,31)/b6-5-,15-4-,19-14+. The lowest BCUT2D eigenvalue weighted by Crippen LogP contribution is -2.51. The lowest BCUT2D eigenvalue weighted by molar-refractivity contribution is 0.139. The van der Waals surface area contributed by atoms with E-state index in [2.05, 4.69) is 47.0 Å². The van der Waals surface area contributed by atoms with Crippen LogP contribution in [0.25, 0.3) is 0 Å². The molecule has 1 saturated heterocycles. The van der Waals surface area contributed by atoms with E-state index in [-0.39, 0.29) is 17.3 Å². The maximum Gasteiger partial charge on any atom is 0.195 e. The normalized spacial score (nSPS) is 22.2. The summed E-state index contributed by atoms with van der Waals surface area (Å²) in [5.74, 6) is 0.721. The van der Waals surface area contributed by atoms with Crippen LogP contribution in [0.5, 0.6) is 0 Å². The van der Waals surface area contributed by atoms with Gasteiger partial charge in [-0.1, -0.05) is 52.7 Å². The second-order valence-corrected chi connectivity index (χ2v) is 10.2. The highest BCUT2D eigenvalue weighted by molar-refractivity contribution is 8.03. The van der Waals surface area contributed by atoms with Crippen LogP contribution in [0.2, 0.25) is 5.02 Å². The van der Waals surface area contributed by atoms with E-state index in [9.17, 15) is 0 Å². The molecule has 7 nitrogen and oxygen atoms in total. The predicted molar refractivity (Wildman–Crippen MR) is 141 cm³/mol. The van der Waals surface area contributed by atoms with Gasteiger partial charge in [0.25, 0.3) is 0 Å². The van der Waals surface area contributed by atoms with E-state index in [0.29, 0.717) is 16.0 Å². The molecule has 1 aliphatic carbocycles. The Bertz CT molecular complexity index is 1030. The van der Waals surface area contributed by atoms with Gasteiger partial charge in [0, 0.05) is 30.2 Å². The minimum atomic E-state index is 0.0446. The molecule has 1 fully saturated rings. The van der Waals surface area contributed by atoms with Gasteiger partial charge in [-0.3, -0.25) is 0 Å². The number of halogens is 1. The van der Waals surface area contributed by atoms with Crippen molar-refractivity contribution in [3.63, 3.8) is 0 Å². The first kappa shape index (κ1) is 25.2. The van der Waals surface area contributed by atoms with Gasteiger partial charge in [0.15, 0.2) is 5.96 Å². The molecular weight excluding hydrogens is 454 g/mol. The van der Waals surface area contributed by atoms with Crippen LogP contribution in [-0.2, 0) is 0 Å². The second kappa shape index (κ2) is 10.7. The average Bonchev–Trinajstić information content (AvgIpc) is 3.02.